The third kappa shape index (κ3) is 4.83. The quantitative estimate of drug-likeness (QED) is 0.523. The molecule has 0 aromatic heterocycles. The van der Waals surface area contributed by atoms with E-state index >= 15 is 0 Å². The molecule has 0 amide bonds. The molecule has 2 N–H and O–H groups in total. The lowest BCUT2D eigenvalue weighted by atomic mass is 10.2. The smallest absolute Gasteiger partial charge is 0.422 e. The van der Waals surface area contributed by atoms with Crippen molar-refractivity contribution in [2.45, 2.75) is 13.1 Å². The van der Waals surface area contributed by atoms with E-state index in [-0.39, 0.29) is 23.2 Å². The number of hydrogen-bond donors (Lipinski definition) is 1. The zero-order chi connectivity index (χ0) is 13.8. The number of aryl methyl sites for hydroxylation is 1. The van der Waals surface area contributed by atoms with E-state index in [1.54, 1.807) is 13.0 Å². The van der Waals surface area contributed by atoms with E-state index in [9.17, 15) is 13.2 Å². The normalized spacial score (nSPS) is 12.6. The van der Waals surface area contributed by atoms with Crippen LogP contribution in [0.3, 0.4) is 0 Å². The summed E-state index contributed by atoms with van der Waals surface area (Å²) < 4.78 is 41.0. The fourth-order valence-corrected chi connectivity index (χ4v) is 1.23. The number of nitrogens with two attached hydrogens (primary N) is 1. The number of rotatable bonds is 4. The maximum atomic E-state index is 12.1. The Morgan fingerprint density at radius 2 is 2.11 bits per heavy atom. The van der Waals surface area contributed by atoms with Gasteiger partial charge >= 0.3 is 6.18 Å². The van der Waals surface area contributed by atoms with Gasteiger partial charge in [-0.1, -0.05) is 6.07 Å². The number of aliphatic imine (C=N–C) groups is 1. The first-order chi connectivity index (χ1) is 8.31. The van der Waals surface area contributed by atoms with Crippen molar-refractivity contribution in [1.29, 1.82) is 0 Å². The average molecular weight is 281 g/mol. The molecule has 0 saturated carbocycles. The molecule has 0 heterocycles. The minimum Gasteiger partial charge on any atom is -0.482 e. The van der Waals surface area contributed by atoms with Crippen molar-refractivity contribution in [3.8, 4) is 5.75 Å². The van der Waals surface area contributed by atoms with E-state index < -0.39 is 12.8 Å². The van der Waals surface area contributed by atoms with Gasteiger partial charge in [-0.15, -0.1) is 11.6 Å². The summed E-state index contributed by atoms with van der Waals surface area (Å²) in [5.74, 6) is 0.129. The maximum absolute atomic E-state index is 12.1. The Labute approximate surface area is 107 Å². The molecule has 3 nitrogen and oxygen atoms in total. The summed E-state index contributed by atoms with van der Waals surface area (Å²) in [6.07, 6.45) is -4.40. The molecule has 1 rings (SSSR count). The van der Waals surface area contributed by atoms with E-state index in [2.05, 4.69) is 4.99 Å². The lowest BCUT2D eigenvalue weighted by molar-refractivity contribution is -0.153. The summed E-state index contributed by atoms with van der Waals surface area (Å²) in [6.45, 7) is 0.360. The standard InChI is InChI=1S/C11H12ClF3N2O/c1-7-2-3-8(17-10(16)5-12)9(4-7)18-6-11(13,14)15/h2-4H,5-6H2,1H3,(H2,16,17). The van der Waals surface area contributed by atoms with Crippen LogP contribution in [0.2, 0.25) is 0 Å². The number of hydrogen-bond acceptors (Lipinski definition) is 2. The number of amidine groups is 1. The zero-order valence-corrected chi connectivity index (χ0v) is 10.3. The highest BCUT2D eigenvalue weighted by atomic mass is 35.5. The van der Waals surface area contributed by atoms with E-state index in [0.717, 1.165) is 5.56 Å². The van der Waals surface area contributed by atoms with Gasteiger partial charge in [0.25, 0.3) is 0 Å². The zero-order valence-electron chi connectivity index (χ0n) is 9.59. The van der Waals surface area contributed by atoms with Crippen molar-refractivity contribution >= 4 is 23.1 Å². The molecule has 0 fully saturated rings. The van der Waals surface area contributed by atoms with Crippen LogP contribution in [0.4, 0.5) is 18.9 Å². The monoisotopic (exact) mass is 280 g/mol. The first kappa shape index (κ1) is 14.6. The topological polar surface area (TPSA) is 47.6 Å². The minimum atomic E-state index is -4.40. The van der Waals surface area contributed by atoms with Gasteiger partial charge in [-0.25, -0.2) is 4.99 Å². The van der Waals surface area contributed by atoms with Crippen molar-refractivity contribution in [2.75, 3.05) is 12.5 Å². The summed E-state index contributed by atoms with van der Waals surface area (Å²) in [5, 5.41) is 0. The van der Waals surface area contributed by atoms with Gasteiger partial charge in [0.05, 0.1) is 5.88 Å². The van der Waals surface area contributed by atoms with Crippen molar-refractivity contribution in [1.82, 2.24) is 0 Å². The van der Waals surface area contributed by atoms with Crippen LogP contribution in [-0.2, 0) is 0 Å². The second kappa shape index (κ2) is 5.95. The highest BCUT2D eigenvalue weighted by Gasteiger charge is 2.28. The van der Waals surface area contributed by atoms with Crippen LogP contribution in [-0.4, -0.2) is 24.5 Å². The van der Waals surface area contributed by atoms with Gasteiger partial charge in [0.15, 0.2) is 6.61 Å². The largest absolute Gasteiger partial charge is 0.482 e. The Hall–Kier alpha value is -1.43. The summed E-state index contributed by atoms with van der Waals surface area (Å²) in [7, 11) is 0. The molecule has 0 unspecified atom stereocenters. The lowest BCUT2D eigenvalue weighted by Crippen LogP contribution is -2.19. The Kier molecular flexibility index (Phi) is 4.84. The first-order valence-electron chi connectivity index (χ1n) is 5.01. The molecule has 0 aliphatic carbocycles. The van der Waals surface area contributed by atoms with Crippen molar-refractivity contribution < 1.29 is 17.9 Å². The molecular weight excluding hydrogens is 269 g/mol. The predicted octanol–water partition coefficient (Wildman–Crippen LogP) is 3.16. The fourth-order valence-electron chi connectivity index (χ4n) is 1.17. The number of alkyl halides is 4. The van der Waals surface area contributed by atoms with Crippen LogP contribution in [0.5, 0.6) is 5.75 Å². The van der Waals surface area contributed by atoms with Crippen LogP contribution in [0.1, 0.15) is 5.56 Å². The van der Waals surface area contributed by atoms with Gasteiger partial charge < -0.3 is 10.5 Å². The Bertz CT molecular complexity index is 446. The molecule has 0 spiro atoms. The van der Waals surface area contributed by atoms with Crippen molar-refractivity contribution in [3.63, 3.8) is 0 Å². The lowest BCUT2D eigenvalue weighted by Gasteiger charge is -2.12. The van der Waals surface area contributed by atoms with Gasteiger partial charge in [-0.3, -0.25) is 0 Å². The van der Waals surface area contributed by atoms with Crippen molar-refractivity contribution in [3.05, 3.63) is 23.8 Å². The van der Waals surface area contributed by atoms with Crippen LogP contribution in [0, 0.1) is 6.92 Å². The third-order valence-electron chi connectivity index (χ3n) is 1.91. The van der Waals surface area contributed by atoms with Crippen molar-refractivity contribution in [2.24, 2.45) is 10.7 Å². The summed E-state index contributed by atoms with van der Waals surface area (Å²) in [6, 6.07) is 4.69. The Morgan fingerprint density at radius 3 is 2.67 bits per heavy atom. The number of nitrogens with zero attached hydrogens (tertiary/aromatic N) is 1. The van der Waals surface area contributed by atoms with Gasteiger partial charge in [0.1, 0.15) is 17.3 Å². The van der Waals surface area contributed by atoms with Gasteiger partial charge in [0.2, 0.25) is 0 Å². The molecule has 0 radical (unpaired) electrons. The van der Waals surface area contributed by atoms with Gasteiger partial charge in [-0.2, -0.15) is 13.2 Å². The summed E-state index contributed by atoms with van der Waals surface area (Å²) >= 11 is 5.46. The number of halogens is 4. The molecule has 18 heavy (non-hydrogen) atoms. The molecule has 0 aliphatic heterocycles. The van der Waals surface area contributed by atoms with E-state index in [1.165, 1.54) is 12.1 Å². The Balaban J connectivity index is 2.97. The Morgan fingerprint density at radius 1 is 1.44 bits per heavy atom. The summed E-state index contributed by atoms with van der Waals surface area (Å²) in [4.78, 5) is 3.89. The predicted molar refractivity (Wildman–Crippen MR) is 64.7 cm³/mol. The van der Waals surface area contributed by atoms with Crippen LogP contribution in [0.15, 0.2) is 23.2 Å². The molecule has 0 bridgehead atoms. The van der Waals surface area contributed by atoms with Gasteiger partial charge in [0, 0.05) is 0 Å². The second-order valence-electron chi connectivity index (χ2n) is 3.61. The minimum absolute atomic E-state index is 0.00735. The molecule has 100 valence electrons. The second-order valence-corrected chi connectivity index (χ2v) is 3.88. The number of benzene rings is 1. The molecule has 0 atom stereocenters. The molecule has 1 aromatic rings. The first-order valence-corrected chi connectivity index (χ1v) is 5.54. The molecule has 7 heteroatoms. The molecule has 1 aromatic carbocycles. The fraction of sp³-hybridized carbons (Fsp3) is 0.364. The molecular formula is C11H12ClF3N2O. The average Bonchev–Trinajstić information content (AvgIpc) is 2.28. The number of ether oxygens (including phenoxy) is 1. The maximum Gasteiger partial charge on any atom is 0.422 e. The van der Waals surface area contributed by atoms with Crippen LogP contribution < -0.4 is 10.5 Å². The summed E-state index contributed by atoms with van der Waals surface area (Å²) in [5.41, 5.74) is 6.42. The molecule has 0 aliphatic rings. The van der Waals surface area contributed by atoms with E-state index in [0.29, 0.717) is 0 Å². The highest BCUT2D eigenvalue weighted by molar-refractivity contribution is 6.28. The highest BCUT2D eigenvalue weighted by Crippen LogP contribution is 2.30. The van der Waals surface area contributed by atoms with Crippen LogP contribution in [0.25, 0.3) is 0 Å². The van der Waals surface area contributed by atoms with Gasteiger partial charge in [-0.05, 0) is 24.6 Å². The van der Waals surface area contributed by atoms with Crippen LogP contribution >= 0.6 is 11.6 Å². The van der Waals surface area contributed by atoms with E-state index in [1.807, 2.05) is 0 Å². The molecule has 0 saturated heterocycles. The van der Waals surface area contributed by atoms with E-state index in [4.69, 9.17) is 22.1 Å². The SMILES string of the molecule is Cc1ccc(N=C(N)CCl)c(OCC(F)(F)F)c1. The third-order valence-corrected chi connectivity index (χ3v) is 2.18.